The van der Waals surface area contributed by atoms with E-state index >= 15 is 0 Å². The number of carboxylic acid groups (broad SMARTS) is 2. The van der Waals surface area contributed by atoms with Gasteiger partial charge in [0, 0.05) is 55.6 Å². The molecule has 1 amide bonds. The van der Waals surface area contributed by atoms with E-state index in [-0.39, 0.29) is 18.1 Å². The number of ether oxygens (including phenoxy) is 2. The molecule has 5 rings (SSSR count). The van der Waals surface area contributed by atoms with Crippen molar-refractivity contribution in [2.75, 3.05) is 31.3 Å². The van der Waals surface area contributed by atoms with Crippen molar-refractivity contribution in [1.82, 2.24) is 9.88 Å². The number of hydrogen-bond acceptors (Lipinski definition) is 7. The number of carbonyl (C=O) groups excluding carboxylic acids is 1. The van der Waals surface area contributed by atoms with Gasteiger partial charge in [0.25, 0.3) is 0 Å². The van der Waals surface area contributed by atoms with Crippen LogP contribution in [0.2, 0.25) is 0 Å². The van der Waals surface area contributed by atoms with Crippen LogP contribution in [0.25, 0.3) is 0 Å². The second-order valence-corrected chi connectivity index (χ2v) is 9.12. The number of carboxylic acids is 2. The van der Waals surface area contributed by atoms with E-state index in [9.17, 15) is 31.1 Å². The lowest BCUT2D eigenvalue weighted by atomic mass is 9.86. The van der Waals surface area contributed by atoms with Gasteiger partial charge in [-0.1, -0.05) is 0 Å². The molecule has 218 valence electrons. The second-order valence-electron chi connectivity index (χ2n) is 9.12. The lowest BCUT2D eigenvalue weighted by molar-refractivity contribution is -0.193. The summed E-state index contributed by atoms with van der Waals surface area (Å²) in [4.78, 5) is 39.0. The van der Waals surface area contributed by atoms with Crippen LogP contribution in [0.15, 0.2) is 42.7 Å². The van der Waals surface area contributed by atoms with Gasteiger partial charge in [-0.2, -0.15) is 26.3 Å². The van der Waals surface area contributed by atoms with Crippen molar-refractivity contribution >= 4 is 23.5 Å². The summed E-state index contributed by atoms with van der Waals surface area (Å²) in [5, 5.41) is 14.2. The number of alkyl halides is 6. The summed E-state index contributed by atoms with van der Waals surface area (Å²) in [6.07, 6.45) is -4.82. The van der Waals surface area contributed by atoms with E-state index in [4.69, 9.17) is 29.3 Å². The fourth-order valence-electron chi connectivity index (χ4n) is 4.37. The molecule has 2 saturated heterocycles. The molecule has 1 spiro atoms. The highest BCUT2D eigenvalue weighted by molar-refractivity contribution is 5.96. The van der Waals surface area contributed by atoms with Gasteiger partial charge in [0.05, 0.1) is 0 Å². The van der Waals surface area contributed by atoms with Gasteiger partial charge in [-0.25, -0.2) is 9.59 Å². The molecule has 3 aliphatic heterocycles. The van der Waals surface area contributed by atoms with Crippen LogP contribution in [0.3, 0.4) is 0 Å². The van der Waals surface area contributed by atoms with Gasteiger partial charge >= 0.3 is 24.3 Å². The van der Waals surface area contributed by atoms with Crippen LogP contribution >= 0.6 is 0 Å². The summed E-state index contributed by atoms with van der Waals surface area (Å²) in [5.41, 5.74) is 2.23. The van der Waals surface area contributed by atoms with E-state index in [2.05, 4.69) is 22.0 Å². The van der Waals surface area contributed by atoms with E-state index in [0.717, 1.165) is 49.8 Å². The number of likely N-dealkylation sites (tertiary alicyclic amines) is 1. The molecule has 0 radical (unpaired) electrons. The zero-order valence-electron chi connectivity index (χ0n) is 20.5. The van der Waals surface area contributed by atoms with Crippen LogP contribution in [0.4, 0.5) is 32.0 Å². The highest BCUT2D eigenvalue weighted by atomic mass is 19.4. The predicted molar refractivity (Wildman–Crippen MR) is 123 cm³/mol. The number of hydrogen-bond donors (Lipinski definition) is 2. The molecule has 0 saturated carbocycles. The highest BCUT2D eigenvalue weighted by Gasteiger charge is 2.48. The zero-order chi connectivity index (χ0) is 29.7. The van der Waals surface area contributed by atoms with E-state index < -0.39 is 24.3 Å². The van der Waals surface area contributed by atoms with E-state index in [1.807, 2.05) is 35.5 Å². The Labute approximate surface area is 222 Å². The van der Waals surface area contributed by atoms with Crippen molar-refractivity contribution in [2.24, 2.45) is 5.41 Å². The number of rotatable bonds is 3. The molecular weight excluding hydrogens is 556 g/mol. The van der Waals surface area contributed by atoms with E-state index in [1.165, 1.54) is 5.56 Å². The topological polar surface area (TPSA) is 129 Å². The Morgan fingerprint density at radius 1 is 0.925 bits per heavy atom. The van der Waals surface area contributed by atoms with Gasteiger partial charge in [-0.3, -0.25) is 14.7 Å². The molecule has 2 fully saturated rings. The lowest BCUT2D eigenvalue weighted by Gasteiger charge is -2.24. The molecule has 3 aliphatic rings. The molecule has 1 aromatic carbocycles. The Balaban J connectivity index is 0.000000263. The summed E-state index contributed by atoms with van der Waals surface area (Å²) in [7, 11) is 0. The molecule has 0 bridgehead atoms. The minimum absolute atomic E-state index is 0.0560. The Bertz CT molecular complexity index is 1200. The third kappa shape index (κ3) is 7.97. The van der Waals surface area contributed by atoms with E-state index in [1.54, 1.807) is 0 Å². The summed E-state index contributed by atoms with van der Waals surface area (Å²) in [6, 6.07) is 9.88. The number of halogens is 6. The van der Waals surface area contributed by atoms with Crippen molar-refractivity contribution in [3.8, 4) is 11.5 Å². The Morgan fingerprint density at radius 3 is 2.08 bits per heavy atom. The molecule has 1 unspecified atom stereocenters. The third-order valence-electron chi connectivity index (χ3n) is 6.15. The summed E-state index contributed by atoms with van der Waals surface area (Å²) in [6.45, 7) is 3.94. The van der Waals surface area contributed by atoms with Crippen LogP contribution in [0, 0.1) is 5.41 Å². The smallest absolute Gasteiger partial charge is 0.475 e. The van der Waals surface area contributed by atoms with Gasteiger partial charge in [0.2, 0.25) is 12.7 Å². The zero-order valence-corrected chi connectivity index (χ0v) is 20.5. The largest absolute Gasteiger partial charge is 0.490 e. The molecular formula is C24H23F6N3O7. The first kappa shape index (κ1) is 30.5. The Morgan fingerprint density at radius 2 is 1.50 bits per heavy atom. The van der Waals surface area contributed by atoms with Crippen molar-refractivity contribution in [2.45, 2.75) is 31.7 Å². The molecule has 2 aromatic rings. The molecule has 40 heavy (non-hydrogen) atoms. The Hall–Kier alpha value is -4.08. The normalized spacial score (nSPS) is 20.1. The van der Waals surface area contributed by atoms with Gasteiger partial charge < -0.3 is 24.6 Å². The van der Waals surface area contributed by atoms with Crippen molar-refractivity contribution in [3.63, 3.8) is 0 Å². The van der Waals surface area contributed by atoms with Crippen molar-refractivity contribution < 1.29 is 60.4 Å². The molecule has 0 aliphatic carbocycles. The maximum absolute atomic E-state index is 12.7. The first-order valence-electron chi connectivity index (χ1n) is 11.5. The van der Waals surface area contributed by atoms with Gasteiger partial charge in [0.15, 0.2) is 11.5 Å². The molecule has 1 aromatic heterocycles. The molecule has 10 nitrogen and oxygen atoms in total. The molecule has 1 atom stereocenters. The maximum atomic E-state index is 12.7. The molecule has 2 N–H and O–H groups in total. The second kappa shape index (κ2) is 12.0. The van der Waals surface area contributed by atoms with E-state index in [0.29, 0.717) is 6.42 Å². The number of carbonyl (C=O) groups is 3. The highest BCUT2D eigenvalue weighted by Crippen LogP contribution is 2.44. The predicted octanol–water partition coefficient (Wildman–Crippen LogP) is 3.71. The number of aromatic nitrogens is 1. The average molecular weight is 579 g/mol. The number of amides is 1. The third-order valence-corrected chi connectivity index (χ3v) is 6.15. The van der Waals surface area contributed by atoms with Gasteiger partial charge in [-0.05, 0) is 42.8 Å². The standard InChI is InChI=1S/C20H21N3O3.2C2HF3O2/c24-19-10-20(5-8-22(12-20)11-15-3-6-21-7-4-15)13-23(19)16-1-2-17-18(9-16)26-14-25-17;2*3-2(4,5)1(6)7/h1-4,6-7,9H,5,8,10-14H2;2*(H,6,7). The Kier molecular flexibility index (Phi) is 9.12. The monoisotopic (exact) mass is 579 g/mol. The summed E-state index contributed by atoms with van der Waals surface area (Å²) >= 11 is 0. The number of pyridine rings is 1. The number of anilines is 1. The molecule has 16 heteroatoms. The summed E-state index contributed by atoms with van der Waals surface area (Å²) in [5.74, 6) is -3.84. The number of benzene rings is 1. The fourth-order valence-corrected chi connectivity index (χ4v) is 4.37. The van der Waals surface area contributed by atoms with Crippen LogP contribution in [0.1, 0.15) is 18.4 Å². The molecule has 4 heterocycles. The number of aliphatic carboxylic acids is 2. The summed E-state index contributed by atoms with van der Waals surface area (Å²) < 4.78 is 74.3. The quantitative estimate of drug-likeness (QED) is 0.523. The fraction of sp³-hybridized carbons (Fsp3) is 0.417. The van der Waals surface area contributed by atoms with Crippen molar-refractivity contribution in [1.29, 1.82) is 0 Å². The van der Waals surface area contributed by atoms with Crippen LogP contribution in [-0.2, 0) is 20.9 Å². The van der Waals surface area contributed by atoms with Crippen molar-refractivity contribution in [3.05, 3.63) is 48.3 Å². The van der Waals surface area contributed by atoms with Gasteiger partial charge in [0.1, 0.15) is 0 Å². The van der Waals surface area contributed by atoms with Gasteiger partial charge in [-0.15, -0.1) is 0 Å². The van der Waals surface area contributed by atoms with Crippen LogP contribution < -0.4 is 14.4 Å². The number of fused-ring (bicyclic) bond motifs is 1. The average Bonchev–Trinajstić information content (AvgIpc) is 3.57. The lowest BCUT2D eigenvalue weighted by Crippen LogP contribution is -2.31. The van der Waals surface area contributed by atoms with Crippen LogP contribution in [-0.4, -0.2) is 76.7 Å². The first-order valence-corrected chi connectivity index (χ1v) is 11.5. The maximum Gasteiger partial charge on any atom is 0.490 e. The minimum atomic E-state index is -5.08. The number of nitrogens with zero attached hydrogens (tertiary/aromatic N) is 3. The van der Waals surface area contributed by atoms with Crippen LogP contribution in [0.5, 0.6) is 11.5 Å². The SMILES string of the molecule is O=C(O)C(F)(F)F.O=C(O)C(F)(F)F.O=C1CC2(CCN(Cc3ccncc3)C2)CN1c1ccc2c(c1)OCO2. The minimum Gasteiger partial charge on any atom is -0.475 e. The first-order chi connectivity index (χ1) is 18.6.